The first-order valence-corrected chi connectivity index (χ1v) is 6.21. The van der Waals surface area contributed by atoms with E-state index in [1.807, 2.05) is 0 Å². The first kappa shape index (κ1) is 11.2. The largest absolute Gasteiger partial charge is 0.0654 e. The molecule has 0 atom stereocenters. The van der Waals surface area contributed by atoms with Gasteiger partial charge in [-0.2, -0.15) is 0 Å². The lowest BCUT2D eigenvalue weighted by atomic mass is 10.1. The van der Waals surface area contributed by atoms with Crippen LogP contribution in [-0.4, -0.2) is 0 Å². The quantitative estimate of drug-likeness (QED) is 0.688. The normalized spacial score (nSPS) is 10.9. The second kappa shape index (κ2) is 4.69. The van der Waals surface area contributed by atoms with Crippen LogP contribution in [0.5, 0.6) is 0 Å². The maximum Gasteiger partial charge on any atom is -0.0152 e. The van der Waals surface area contributed by atoms with E-state index in [0.717, 1.165) is 0 Å². The van der Waals surface area contributed by atoms with Gasteiger partial charge in [-0.3, -0.25) is 0 Å². The smallest absolute Gasteiger partial charge is 0.0152 e. The fraction of sp³-hybridized carbons (Fsp3) is 0.375. The predicted molar refractivity (Wildman–Crippen MR) is 71.2 cm³/mol. The summed E-state index contributed by atoms with van der Waals surface area (Å²) < 4.78 is 0. The van der Waals surface area contributed by atoms with Crippen molar-refractivity contribution in [1.29, 1.82) is 0 Å². The number of aryl methyl sites for hydroxylation is 3. The number of hydrogen-bond acceptors (Lipinski definition) is 0. The molecular weight excluding hydrogens is 192 g/mol. The summed E-state index contributed by atoms with van der Waals surface area (Å²) in [6.07, 6.45) is 3.75. The molecule has 0 amide bonds. The highest BCUT2D eigenvalue weighted by atomic mass is 14.1. The van der Waals surface area contributed by atoms with Crippen LogP contribution in [-0.2, 0) is 6.42 Å². The molecule has 0 unspecified atom stereocenters. The molecule has 2 rings (SSSR count). The maximum atomic E-state index is 2.35. The van der Waals surface area contributed by atoms with Crippen LogP contribution in [0.1, 0.15) is 36.5 Å². The molecule has 0 saturated carbocycles. The molecule has 0 spiro atoms. The van der Waals surface area contributed by atoms with Crippen molar-refractivity contribution in [2.24, 2.45) is 0 Å². The molecule has 0 radical (unpaired) electrons. The van der Waals surface area contributed by atoms with Crippen molar-refractivity contribution in [2.45, 2.75) is 40.0 Å². The highest BCUT2D eigenvalue weighted by Gasteiger charge is 2.07. The van der Waals surface area contributed by atoms with Gasteiger partial charge in [-0.15, -0.1) is 0 Å². The molecule has 2 aliphatic rings. The van der Waals surface area contributed by atoms with Crippen LogP contribution in [0.25, 0.3) is 11.1 Å². The summed E-state index contributed by atoms with van der Waals surface area (Å²) in [6, 6.07) is 11.3. The molecule has 0 heterocycles. The first-order chi connectivity index (χ1) is 7.72. The minimum absolute atomic E-state index is 1.20. The Morgan fingerprint density at radius 1 is 0.938 bits per heavy atom. The average Bonchev–Trinajstić information content (AvgIpc) is 2.70. The Bertz CT molecular complexity index is 417. The van der Waals surface area contributed by atoms with E-state index in [9.17, 15) is 0 Å². The number of rotatable bonds is 3. The summed E-state index contributed by atoms with van der Waals surface area (Å²) in [5.74, 6) is 0. The summed E-state index contributed by atoms with van der Waals surface area (Å²) in [4.78, 5) is 0. The van der Waals surface area contributed by atoms with E-state index in [1.165, 1.54) is 47.1 Å². The number of hydrogen-bond donors (Lipinski definition) is 0. The highest BCUT2D eigenvalue weighted by molar-refractivity contribution is 5.72. The highest BCUT2D eigenvalue weighted by Crippen LogP contribution is 2.29. The van der Waals surface area contributed by atoms with Gasteiger partial charge < -0.3 is 0 Å². The molecule has 16 heavy (non-hydrogen) atoms. The van der Waals surface area contributed by atoms with E-state index in [-0.39, 0.29) is 0 Å². The third kappa shape index (κ3) is 2.11. The van der Waals surface area contributed by atoms with Crippen LogP contribution in [0.2, 0.25) is 0 Å². The molecule has 0 aromatic heterocycles. The summed E-state index contributed by atoms with van der Waals surface area (Å²) in [5, 5.41) is 0. The standard InChI is InChI=1S/C16H20/c1-4-5-7-14-10-12(2)15-8-6-9-16(15)13(3)11-14/h6,8-11H,4-5,7H2,1-3H3. The monoisotopic (exact) mass is 212 g/mol. The van der Waals surface area contributed by atoms with Crippen LogP contribution in [0.4, 0.5) is 0 Å². The molecular formula is C16H20. The van der Waals surface area contributed by atoms with Gasteiger partial charge in [0.25, 0.3) is 0 Å². The Morgan fingerprint density at radius 3 is 2.00 bits per heavy atom. The van der Waals surface area contributed by atoms with Gasteiger partial charge in [-0.25, -0.2) is 0 Å². The SMILES string of the molecule is CCCCc1cc(C)c2cccc-2c(C)c1. The third-order valence-corrected chi connectivity index (χ3v) is 3.29. The zero-order chi connectivity index (χ0) is 11.5. The van der Waals surface area contributed by atoms with Gasteiger partial charge in [0.2, 0.25) is 0 Å². The van der Waals surface area contributed by atoms with Gasteiger partial charge in [-0.1, -0.05) is 43.7 Å². The molecule has 0 aliphatic heterocycles. The molecule has 0 N–H and O–H groups in total. The van der Waals surface area contributed by atoms with Gasteiger partial charge >= 0.3 is 0 Å². The lowest BCUT2D eigenvalue weighted by Crippen LogP contribution is -1.82. The summed E-state index contributed by atoms with van der Waals surface area (Å²) in [5.41, 5.74) is 7.09. The van der Waals surface area contributed by atoms with Crippen molar-refractivity contribution < 1.29 is 0 Å². The van der Waals surface area contributed by atoms with Gasteiger partial charge in [0, 0.05) is 0 Å². The van der Waals surface area contributed by atoms with Crippen LogP contribution in [0.3, 0.4) is 0 Å². The fourth-order valence-electron chi connectivity index (χ4n) is 2.39. The van der Waals surface area contributed by atoms with E-state index in [4.69, 9.17) is 0 Å². The van der Waals surface area contributed by atoms with Crippen molar-refractivity contribution in [3.05, 3.63) is 47.0 Å². The molecule has 0 aromatic carbocycles. The summed E-state index contributed by atoms with van der Waals surface area (Å²) in [6.45, 7) is 6.69. The Morgan fingerprint density at radius 2 is 1.50 bits per heavy atom. The first-order valence-electron chi connectivity index (χ1n) is 6.21. The zero-order valence-electron chi connectivity index (χ0n) is 10.5. The lowest BCUT2D eigenvalue weighted by Gasteiger charge is -1.98. The van der Waals surface area contributed by atoms with Crippen LogP contribution in [0.15, 0.2) is 30.3 Å². The molecule has 0 bridgehead atoms. The van der Waals surface area contributed by atoms with Gasteiger partial charge in [0.1, 0.15) is 0 Å². The molecule has 2 aliphatic carbocycles. The van der Waals surface area contributed by atoms with E-state index < -0.39 is 0 Å². The Balaban J connectivity index is 2.49. The van der Waals surface area contributed by atoms with Crippen LogP contribution < -0.4 is 0 Å². The molecule has 0 saturated heterocycles. The van der Waals surface area contributed by atoms with Crippen molar-refractivity contribution in [1.82, 2.24) is 0 Å². The van der Waals surface area contributed by atoms with Gasteiger partial charge in [-0.05, 0) is 54.5 Å². The third-order valence-electron chi connectivity index (χ3n) is 3.29. The lowest BCUT2D eigenvalue weighted by molar-refractivity contribution is 0.795. The molecule has 0 nitrogen and oxygen atoms in total. The minimum atomic E-state index is 1.20. The molecule has 0 aromatic rings. The number of unbranched alkanes of at least 4 members (excludes halogenated alkanes) is 1. The zero-order valence-corrected chi connectivity index (χ0v) is 10.5. The van der Waals surface area contributed by atoms with E-state index in [2.05, 4.69) is 51.1 Å². The van der Waals surface area contributed by atoms with Crippen molar-refractivity contribution >= 4 is 0 Å². The molecule has 84 valence electrons. The fourth-order valence-corrected chi connectivity index (χ4v) is 2.39. The Labute approximate surface area is 98.7 Å². The Hall–Kier alpha value is -1.30. The number of fused-ring (bicyclic) bond motifs is 1. The van der Waals surface area contributed by atoms with Crippen molar-refractivity contribution in [3.8, 4) is 11.1 Å². The molecule has 0 fully saturated rings. The van der Waals surface area contributed by atoms with E-state index >= 15 is 0 Å². The van der Waals surface area contributed by atoms with Gasteiger partial charge in [0.15, 0.2) is 0 Å². The second-order valence-corrected chi connectivity index (χ2v) is 4.69. The minimum Gasteiger partial charge on any atom is -0.0654 e. The van der Waals surface area contributed by atoms with E-state index in [0.29, 0.717) is 0 Å². The predicted octanol–water partition coefficient (Wildman–Crippen LogP) is 4.75. The van der Waals surface area contributed by atoms with E-state index in [1.54, 1.807) is 0 Å². The van der Waals surface area contributed by atoms with Crippen LogP contribution >= 0.6 is 0 Å². The van der Waals surface area contributed by atoms with Gasteiger partial charge in [0.05, 0.1) is 0 Å². The molecule has 0 heteroatoms. The topological polar surface area (TPSA) is 0 Å². The van der Waals surface area contributed by atoms with Crippen LogP contribution in [0, 0.1) is 13.8 Å². The van der Waals surface area contributed by atoms with Crippen molar-refractivity contribution in [3.63, 3.8) is 0 Å². The summed E-state index contributed by atoms with van der Waals surface area (Å²) in [7, 11) is 0. The summed E-state index contributed by atoms with van der Waals surface area (Å²) >= 11 is 0. The van der Waals surface area contributed by atoms with Crippen molar-refractivity contribution in [2.75, 3.05) is 0 Å². The average molecular weight is 212 g/mol. The Kier molecular flexibility index (Phi) is 3.28. The maximum absolute atomic E-state index is 2.35. The second-order valence-electron chi connectivity index (χ2n) is 4.69.